The number of piperidine rings is 1. The summed E-state index contributed by atoms with van der Waals surface area (Å²) < 4.78 is 5.65. The van der Waals surface area contributed by atoms with E-state index in [-0.39, 0.29) is 30.2 Å². The van der Waals surface area contributed by atoms with Crippen LogP contribution in [0.2, 0.25) is 0 Å². The quantitative estimate of drug-likeness (QED) is 0.873. The number of carbonyl (C=O) groups is 2. The maximum absolute atomic E-state index is 13.0. The summed E-state index contributed by atoms with van der Waals surface area (Å²) in [5.74, 6) is 0.811. The van der Waals surface area contributed by atoms with E-state index in [0.717, 1.165) is 25.1 Å². The number of benzene rings is 1. The van der Waals surface area contributed by atoms with Crippen LogP contribution in [0.15, 0.2) is 24.3 Å². The average Bonchev–Trinajstić information content (AvgIpc) is 3.03. The van der Waals surface area contributed by atoms with E-state index in [2.05, 4.69) is 0 Å². The Morgan fingerprint density at radius 3 is 2.85 bits per heavy atom. The Bertz CT molecular complexity index is 661. The lowest BCUT2D eigenvalue weighted by Crippen LogP contribution is -2.47. The van der Waals surface area contributed by atoms with Crippen LogP contribution in [-0.2, 0) is 9.59 Å². The first kappa shape index (κ1) is 18.7. The second kappa shape index (κ2) is 8.08. The molecule has 1 aromatic rings. The van der Waals surface area contributed by atoms with Crippen LogP contribution in [0.25, 0.3) is 0 Å². The zero-order valence-electron chi connectivity index (χ0n) is 15.7. The van der Waals surface area contributed by atoms with Crippen molar-refractivity contribution < 1.29 is 14.3 Å². The lowest BCUT2D eigenvalue weighted by atomic mass is 9.91. The van der Waals surface area contributed by atoms with Gasteiger partial charge >= 0.3 is 0 Å². The number of hydrogen-bond donors (Lipinski definition) is 1. The van der Waals surface area contributed by atoms with Gasteiger partial charge in [-0.3, -0.25) is 9.59 Å². The summed E-state index contributed by atoms with van der Waals surface area (Å²) in [6.45, 7) is 6.35. The molecule has 3 rings (SSSR count). The van der Waals surface area contributed by atoms with Gasteiger partial charge in [0.05, 0.1) is 18.2 Å². The number of para-hydroxylation sites is 2. The number of rotatable bonds is 5. The highest BCUT2D eigenvalue weighted by Crippen LogP contribution is 2.34. The highest BCUT2D eigenvalue weighted by molar-refractivity contribution is 6.01. The Morgan fingerprint density at radius 1 is 1.35 bits per heavy atom. The van der Waals surface area contributed by atoms with Crippen molar-refractivity contribution in [1.82, 2.24) is 4.90 Å². The molecule has 2 aliphatic rings. The Balaban J connectivity index is 1.70. The summed E-state index contributed by atoms with van der Waals surface area (Å²) in [6, 6.07) is 7.60. The number of anilines is 1. The smallest absolute Gasteiger partial charge is 0.228 e. The zero-order chi connectivity index (χ0) is 18.7. The van der Waals surface area contributed by atoms with E-state index in [9.17, 15) is 9.59 Å². The predicted octanol–water partition coefficient (Wildman–Crippen LogP) is 2.02. The van der Waals surface area contributed by atoms with Gasteiger partial charge in [-0.25, -0.2) is 0 Å². The van der Waals surface area contributed by atoms with Gasteiger partial charge in [0.15, 0.2) is 0 Å². The van der Waals surface area contributed by atoms with Crippen LogP contribution in [0.5, 0.6) is 5.75 Å². The third-order valence-electron chi connectivity index (χ3n) is 5.44. The van der Waals surface area contributed by atoms with Crippen molar-refractivity contribution in [3.05, 3.63) is 24.3 Å². The standard InChI is InChI=1S/C20H29N3O3/c1-3-26-18-9-5-4-8-17(18)23-13-16(11-19(23)24)20(25)22-10-6-7-15(12-22)14(2)21/h4-5,8-9,14-16H,3,6-7,10-13,21H2,1-2H3. The molecular weight excluding hydrogens is 330 g/mol. The number of hydrogen-bond acceptors (Lipinski definition) is 4. The second-order valence-corrected chi connectivity index (χ2v) is 7.35. The van der Waals surface area contributed by atoms with Crippen LogP contribution in [0.1, 0.15) is 33.1 Å². The molecule has 2 amide bonds. The maximum Gasteiger partial charge on any atom is 0.228 e. The van der Waals surface area contributed by atoms with Crippen LogP contribution < -0.4 is 15.4 Å². The van der Waals surface area contributed by atoms with Gasteiger partial charge in [0, 0.05) is 32.1 Å². The molecule has 6 nitrogen and oxygen atoms in total. The number of nitrogens with zero attached hydrogens (tertiary/aromatic N) is 2. The van der Waals surface area contributed by atoms with Gasteiger partial charge in [-0.05, 0) is 44.7 Å². The normalized spacial score (nSPS) is 24.7. The Labute approximate surface area is 155 Å². The summed E-state index contributed by atoms with van der Waals surface area (Å²) in [5.41, 5.74) is 6.79. The third kappa shape index (κ3) is 3.85. The Morgan fingerprint density at radius 2 is 2.12 bits per heavy atom. The van der Waals surface area contributed by atoms with E-state index in [0.29, 0.717) is 31.4 Å². The van der Waals surface area contributed by atoms with E-state index >= 15 is 0 Å². The number of nitrogens with two attached hydrogens (primary N) is 1. The third-order valence-corrected chi connectivity index (χ3v) is 5.44. The fourth-order valence-electron chi connectivity index (χ4n) is 3.96. The van der Waals surface area contributed by atoms with E-state index in [1.54, 1.807) is 4.90 Å². The van der Waals surface area contributed by atoms with Crippen molar-refractivity contribution in [2.75, 3.05) is 31.1 Å². The van der Waals surface area contributed by atoms with E-state index in [1.807, 2.05) is 43.0 Å². The fraction of sp³-hybridized carbons (Fsp3) is 0.600. The van der Waals surface area contributed by atoms with Crippen LogP contribution >= 0.6 is 0 Å². The van der Waals surface area contributed by atoms with Crippen molar-refractivity contribution >= 4 is 17.5 Å². The van der Waals surface area contributed by atoms with Gasteiger partial charge in [0.2, 0.25) is 11.8 Å². The number of ether oxygens (including phenoxy) is 1. The highest BCUT2D eigenvalue weighted by Gasteiger charge is 2.39. The summed E-state index contributed by atoms with van der Waals surface area (Å²) in [6.07, 6.45) is 2.31. The second-order valence-electron chi connectivity index (χ2n) is 7.35. The van der Waals surface area contributed by atoms with Crippen molar-refractivity contribution in [3.63, 3.8) is 0 Å². The molecule has 2 aliphatic heterocycles. The molecule has 2 N–H and O–H groups in total. The van der Waals surface area contributed by atoms with Gasteiger partial charge in [0.1, 0.15) is 5.75 Å². The largest absolute Gasteiger partial charge is 0.492 e. The average molecular weight is 359 g/mol. The minimum atomic E-state index is -0.288. The minimum Gasteiger partial charge on any atom is -0.492 e. The number of amides is 2. The van der Waals surface area contributed by atoms with Gasteiger partial charge in [0.25, 0.3) is 0 Å². The van der Waals surface area contributed by atoms with Crippen molar-refractivity contribution in [3.8, 4) is 5.75 Å². The minimum absolute atomic E-state index is 0.0174. The lowest BCUT2D eigenvalue weighted by molar-refractivity contribution is -0.137. The first-order valence-electron chi connectivity index (χ1n) is 9.57. The molecule has 1 aromatic carbocycles. The predicted molar refractivity (Wildman–Crippen MR) is 101 cm³/mol. The molecule has 0 saturated carbocycles. The van der Waals surface area contributed by atoms with E-state index in [1.165, 1.54) is 0 Å². The van der Waals surface area contributed by atoms with Gasteiger partial charge in [-0.1, -0.05) is 12.1 Å². The van der Waals surface area contributed by atoms with Gasteiger partial charge < -0.3 is 20.3 Å². The molecule has 0 aliphatic carbocycles. The molecule has 0 radical (unpaired) electrons. The van der Waals surface area contributed by atoms with Crippen LogP contribution in [0.4, 0.5) is 5.69 Å². The number of carbonyl (C=O) groups excluding carboxylic acids is 2. The lowest BCUT2D eigenvalue weighted by Gasteiger charge is -2.35. The number of likely N-dealkylation sites (tertiary alicyclic amines) is 1. The van der Waals surface area contributed by atoms with Crippen LogP contribution in [0.3, 0.4) is 0 Å². The topological polar surface area (TPSA) is 75.9 Å². The molecule has 0 spiro atoms. The van der Waals surface area contributed by atoms with Gasteiger partial charge in [-0.2, -0.15) is 0 Å². The van der Waals surface area contributed by atoms with Crippen molar-refractivity contribution in [2.24, 2.45) is 17.6 Å². The Kier molecular flexibility index (Phi) is 5.81. The van der Waals surface area contributed by atoms with E-state index < -0.39 is 0 Å². The molecule has 2 saturated heterocycles. The first-order chi connectivity index (χ1) is 12.5. The molecule has 3 unspecified atom stereocenters. The summed E-state index contributed by atoms with van der Waals surface area (Å²) >= 11 is 0. The van der Waals surface area contributed by atoms with Crippen LogP contribution in [-0.4, -0.2) is 49.0 Å². The fourth-order valence-corrected chi connectivity index (χ4v) is 3.96. The molecule has 0 bridgehead atoms. The monoisotopic (exact) mass is 359 g/mol. The van der Waals surface area contributed by atoms with Crippen molar-refractivity contribution in [1.29, 1.82) is 0 Å². The Hall–Kier alpha value is -2.08. The van der Waals surface area contributed by atoms with Crippen LogP contribution in [0, 0.1) is 11.8 Å². The molecule has 6 heteroatoms. The molecular formula is C20H29N3O3. The summed E-state index contributed by atoms with van der Waals surface area (Å²) in [7, 11) is 0. The maximum atomic E-state index is 13.0. The molecule has 0 aromatic heterocycles. The molecule has 3 atom stereocenters. The molecule has 26 heavy (non-hydrogen) atoms. The molecule has 2 heterocycles. The van der Waals surface area contributed by atoms with Gasteiger partial charge in [-0.15, -0.1) is 0 Å². The highest BCUT2D eigenvalue weighted by atomic mass is 16.5. The molecule has 142 valence electrons. The van der Waals surface area contributed by atoms with Crippen molar-refractivity contribution in [2.45, 2.75) is 39.2 Å². The first-order valence-corrected chi connectivity index (χ1v) is 9.57. The summed E-state index contributed by atoms with van der Waals surface area (Å²) in [4.78, 5) is 29.2. The summed E-state index contributed by atoms with van der Waals surface area (Å²) in [5, 5.41) is 0. The molecule has 2 fully saturated rings. The van der Waals surface area contributed by atoms with E-state index in [4.69, 9.17) is 10.5 Å². The zero-order valence-corrected chi connectivity index (χ0v) is 15.7. The SMILES string of the molecule is CCOc1ccccc1N1CC(C(=O)N2CCCC(C(C)N)C2)CC1=O.